The zero-order valence-corrected chi connectivity index (χ0v) is 16.1. The summed E-state index contributed by atoms with van der Waals surface area (Å²) in [6.45, 7) is 7.68. The van der Waals surface area contributed by atoms with E-state index in [9.17, 15) is 9.59 Å². The second-order valence-corrected chi connectivity index (χ2v) is 6.16. The summed E-state index contributed by atoms with van der Waals surface area (Å²) in [4.78, 5) is 23.2. The molecule has 0 spiro atoms. The molecule has 0 saturated heterocycles. The Morgan fingerprint density at radius 3 is 2.19 bits per heavy atom. The van der Waals surface area contributed by atoms with Crippen LogP contribution in [0.5, 0.6) is 0 Å². The predicted octanol–water partition coefficient (Wildman–Crippen LogP) is 4.01. The number of carbonyl (C=O) groups is 2. The third kappa shape index (κ3) is 6.29. The number of carbonyl (C=O) groups excluding carboxylic acids is 2. The van der Waals surface area contributed by atoms with Crippen molar-refractivity contribution in [1.29, 1.82) is 0 Å². The fourth-order valence-corrected chi connectivity index (χ4v) is 2.83. The summed E-state index contributed by atoms with van der Waals surface area (Å²) in [5, 5.41) is 0. The maximum atomic E-state index is 11.7. The Bertz CT molecular complexity index is 663. The van der Waals surface area contributed by atoms with Crippen LogP contribution in [0.15, 0.2) is 30.4 Å². The van der Waals surface area contributed by atoms with Crippen LogP contribution in [0.3, 0.4) is 0 Å². The van der Waals surface area contributed by atoms with Gasteiger partial charge in [-0.1, -0.05) is 35.4 Å². The van der Waals surface area contributed by atoms with Crippen LogP contribution in [0.2, 0.25) is 0 Å². The molecule has 0 unspecified atom stereocenters. The van der Waals surface area contributed by atoms with Gasteiger partial charge in [0.25, 0.3) is 0 Å². The molecule has 0 aromatic heterocycles. The minimum atomic E-state index is -0.804. The Morgan fingerprint density at radius 1 is 0.926 bits per heavy atom. The van der Waals surface area contributed by atoms with Crippen molar-refractivity contribution in [2.45, 2.75) is 46.0 Å². The molecule has 27 heavy (non-hydrogen) atoms. The highest BCUT2D eigenvalue weighted by atomic mass is 16.7. The predicted molar refractivity (Wildman–Crippen MR) is 97.5 cm³/mol. The van der Waals surface area contributed by atoms with Gasteiger partial charge in [-0.05, 0) is 39.3 Å². The molecule has 0 saturated carbocycles. The molecular weight excluding hydrogens is 352 g/mol. The van der Waals surface area contributed by atoms with E-state index in [1.54, 1.807) is 19.9 Å². The smallest absolute Gasteiger partial charge is 0.435 e. The lowest BCUT2D eigenvalue weighted by molar-refractivity contribution is -0.0996. The van der Waals surface area contributed by atoms with Gasteiger partial charge in [0.05, 0.1) is 13.2 Å². The van der Waals surface area contributed by atoms with Gasteiger partial charge in [0.15, 0.2) is 6.10 Å². The topological polar surface area (TPSA) is 80.3 Å². The molecule has 0 amide bonds. The minimum absolute atomic E-state index is 0.117. The van der Waals surface area contributed by atoms with E-state index in [0.29, 0.717) is 0 Å². The molecule has 148 valence electrons. The number of aryl methyl sites for hydroxylation is 2. The molecular formula is C20H26O7. The van der Waals surface area contributed by atoms with Crippen LogP contribution in [-0.2, 0) is 23.7 Å². The van der Waals surface area contributed by atoms with Gasteiger partial charge in [-0.3, -0.25) is 0 Å². The summed E-state index contributed by atoms with van der Waals surface area (Å²) < 4.78 is 26.0. The lowest BCUT2D eigenvalue weighted by Gasteiger charge is -2.31. The fourth-order valence-electron chi connectivity index (χ4n) is 2.83. The van der Waals surface area contributed by atoms with Crippen LogP contribution < -0.4 is 0 Å². The Balaban J connectivity index is 2.14. The SMILES string of the molecule is CCOC(=O)OC[C@H]1O[C@H](c2cc(C)cc(C)c2)C=C[C@@H]1OC(=O)OCC. The normalized spacial score (nSPS) is 21.4. The van der Waals surface area contributed by atoms with Gasteiger partial charge in [-0.25, -0.2) is 9.59 Å². The lowest BCUT2D eigenvalue weighted by atomic mass is 9.99. The molecule has 7 nitrogen and oxygen atoms in total. The first-order valence-electron chi connectivity index (χ1n) is 8.97. The molecule has 1 aromatic rings. The summed E-state index contributed by atoms with van der Waals surface area (Å²) in [5.41, 5.74) is 3.21. The number of rotatable bonds is 6. The summed E-state index contributed by atoms with van der Waals surface area (Å²) in [7, 11) is 0. The highest BCUT2D eigenvalue weighted by molar-refractivity contribution is 5.61. The standard InChI is InChI=1S/C20H26O7/c1-5-23-19(21)25-12-18-17(27-20(22)24-6-2)8-7-16(26-18)15-10-13(3)9-14(4)11-15/h7-11,16-18H,5-6,12H2,1-4H3/t16-,17-,18+/m0/s1. The lowest BCUT2D eigenvalue weighted by Crippen LogP contribution is -2.40. The van der Waals surface area contributed by atoms with Gasteiger partial charge in [-0.15, -0.1) is 0 Å². The van der Waals surface area contributed by atoms with Gasteiger partial charge in [-0.2, -0.15) is 0 Å². The van der Waals surface area contributed by atoms with E-state index >= 15 is 0 Å². The highest BCUT2D eigenvalue weighted by Gasteiger charge is 2.32. The average molecular weight is 378 g/mol. The van der Waals surface area contributed by atoms with Gasteiger partial charge in [0.1, 0.15) is 18.8 Å². The Kier molecular flexibility index (Phi) is 7.67. The largest absolute Gasteiger partial charge is 0.508 e. The summed E-state index contributed by atoms with van der Waals surface area (Å²) >= 11 is 0. The quantitative estimate of drug-likeness (QED) is 0.546. The molecule has 1 aliphatic rings. The van der Waals surface area contributed by atoms with Gasteiger partial charge in [0, 0.05) is 0 Å². The average Bonchev–Trinajstić information content (AvgIpc) is 2.60. The van der Waals surface area contributed by atoms with Crippen LogP contribution in [0, 0.1) is 13.8 Å². The van der Waals surface area contributed by atoms with E-state index in [1.807, 2.05) is 32.1 Å². The Morgan fingerprint density at radius 2 is 1.56 bits per heavy atom. The van der Waals surface area contributed by atoms with E-state index < -0.39 is 24.5 Å². The number of benzene rings is 1. The minimum Gasteiger partial charge on any atom is -0.435 e. The summed E-state index contributed by atoms with van der Waals surface area (Å²) in [6, 6.07) is 6.12. The summed E-state index contributed by atoms with van der Waals surface area (Å²) in [6.07, 6.45) is 0.174. The Labute approximate surface area is 159 Å². The molecule has 0 bridgehead atoms. The zero-order valence-electron chi connectivity index (χ0n) is 16.1. The van der Waals surface area contributed by atoms with E-state index in [4.69, 9.17) is 23.7 Å². The maximum Gasteiger partial charge on any atom is 0.508 e. The van der Waals surface area contributed by atoms with Crippen molar-refractivity contribution in [3.63, 3.8) is 0 Å². The first-order valence-corrected chi connectivity index (χ1v) is 8.97. The van der Waals surface area contributed by atoms with Crippen molar-refractivity contribution in [3.05, 3.63) is 47.0 Å². The second kappa shape index (κ2) is 9.97. The molecule has 1 aromatic carbocycles. The molecule has 3 atom stereocenters. The van der Waals surface area contributed by atoms with Crippen LogP contribution in [0.1, 0.15) is 36.6 Å². The van der Waals surface area contributed by atoms with Crippen LogP contribution in [0.25, 0.3) is 0 Å². The highest BCUT2D eigenvalue weighted by Crippen LogP contribution is 2.29. The summed E-state index contributed by atoms with van der Waals surface area (Å²) in [5.74, 6) is 0. The van der Waals surface area contributed by atoms with Crippen molar-refractivity contribution in [2.75, 3.05) is 19.8 Å². The molecule has 1 heterocycles. The molecule has 2 rings (SSSR count). The number of hydrogen-bond donors (Lipinski definition) is 0. The molecule has 0 aliphatic carbocycles. The third-order valence-corrected chi connectivity index (χ3v) is 3.86. The molecule has 0 fully saturated rings. The van der Waals surface area contributed by atoms with Gasteiger partial charge in [0.2, 0.25) is 0 Å². The van der Waals surface area contributed by atoms with Crippen molar-refractivity contribution >= 4 is 12.3 Å². The first kappa shape index (κ1) is 20.8. The van der Waals surface area contributed by atoms with Crippen molar-refractivity contribution in [1.82, 2.24) is 0 Å². The van der Waals surface area contributed by atoms with E-state index in [2.05, 4.69) is 6.07 Å². The fraction of sp³-hybridized carbons (Fsp3) is 0.500. The monoisotopic (exact) mass is 378 g/mol. The molecule has 0 N–H and O–H groups in total. The molecule has 0 radical (unpaired) electrons. The van der Waals surface area contributed by atoms with E-state index in [1.165, 1.54) is 0 Å². The third-order valence-electron chi connectivity index (χ3n) is 3.86. The van der Waals surface area contributed by atoms with Crippen LogP contribution >= 0.6 is 0 Å². The van der Waals surface area contributed by atoms with Gasteiger partial charge < -0.3 is 23.7 Å². The van der Waals surface area contributed by atoms with Crippen LogP contribution in [0.4, 0.5) is 9.59 Å². The molecule has 7 heteroatoms. The zero-order chi connectivity index (χ0) is 19.8. The van der Waals surface area contributed by atoms with Crippen LogP contribution in [-0.4, -0.2) is 44.3 Å². The number of ether oxygens (including phenoxy) is 5. The van der Waals surface area contributed by atoms with E-state index in [0.717, 1.165) is 16.7 Å². The van der Waals surface area contributed by atoms with E-state index in [-0.39, 0.29) is 25.9 Å². The Hall–Kier alpha value is -2.54. The van der Waals surface area contributed by atoms with Crippen molar-refractivity contribution in [2.24, 2.45) is 0 Å². The van der Waals surface area contributed by atoms with Crippen molar-refractivity contribution < 1.29 is 33.3 Å². The second-order valence-electron chi connectivity index (χ2n) is 6.16. The maximum absolute atomic E-state index is 11.7. The number of hydrogen-bond acceptors (Lipinski definition) is 7. The molecule has 1 aliphatic heterocycles. The first-order chi connectivity index (χ1) is 12.9. The van der Waals surface area contributed by atoms with Gasteiger partial charge >= 0.3 is 12.3 Å². The van der Waals surface area contributed by atoms with Crippen molar-refractivity contribution in [3.8, 4) is 0 Å².